The van der Waals surface area contributed by atoms with Gasteiger partial charge in [0, 0.05) is 17.6 Å². The van der Waals surface area contributed by atoms with Crippen LogP contribution >= 0.6 is 11.8 Å². The third kappa shape index (κ3) is 4.53. The van der Waals surface area contributed by atoms with Gasteiger partial charge in [-0.15, -0.1) is 10.2 Å². The molecule has 2 aromatic carbocycles. The van der Waals surface area contributed by atoms with Crippen LogP contribution in [0.1, 0.15) is 5.56 Å². The lowest BCUT2D eigenvalue weighted by atomic mass is 10.2. The van der Waals surface area contributed by atoms with Crippen LogP contribution in [0.15, 0.2) is 70.7 Å². The normalized spacial score (nSPS) is 10.5. The number of amides is 1. The Bertz CT molecular complexity index is 1230. The molecule has 4 aromatic rings. The molecule has 0 saturated carbocycles. The number of carbonyl (C=O) groups is 1. The molecular weight excluding hydrogens is 407 g/mol. The number of halogens is 1. The van der Waals surface area contributed by atoms with Crippen LogP contribution in [0.4, 0.5) is 10.1 Å². The number of nitriles is 1. The van der Waals surface area contributed by atoms with E-state index in [0.717, 1.165) is 17.4 Å². The van der Waals surface area contributed by atoms with Crippen molar-refractivity contribution in [2.45, 2.75) is 5.22 Å². The van der Waals surface area contributed by atoms with Gasteiger partial charge in [-0.25, -0.2) is 9.37 Å². The van der Waals surface area contributed by atoms with Crippen molar-refractivity contribution in [3.8, 4) is 23.3 Å². The summed E-state index contributed by atoms with van der Waals surface area (Å²) in [7, 11) is 0. The van der Waals surface area contributed by atoms with Crippen LogP contribution < -0.4 is 5.32 Å². The molecule has 10 heteroatoms. The van der Waals surface area contributed by atoms with E-state index in [2.05, 4.69) is 26.6 Å². The van der Waals surface area contributed by atoms with Crippen molar-refractivity contribution in [1.82, 2.24) is 19.7 Å². The van der Waals surface area contributed by atoms with E-state index in [1.165, 1.54) is 18.2 Å². The number of nitrogens with one attached hydrogen (secondary N) is 1. The van der Waals surface area contributed by atoms with E-state index in [9.17, 15) is 9.18 Å². The van der Waals surface area contributed by atoms with Crippen LogP contribution in [-0.4, -0.2) is 31.4 Å². The summed E-state index contributed by atoms with van der Waals surface area (Å²) in [5.41, 5.74) is 2.25. The lowest BCUT2D eigenvalue weighted by Crippen LogP contribution is -2.14. The van der Waals surface area contributed by atoms with Gasteiger partial charge < -0.3 is 14.3 Å². The molecule has 0 saturated heterocycles. The molecule has 1 N–H and O–H groups in total. The maximum absolute atomic E-state index is 13.2. The lowest BCUT2D eigenvalue weighted by Gasteiger charge is -2.03. The van der Waals surface area contributed by atoms with Crippen molar-refractivity contribution in [3.05, 3.63) is 72.4 Å². The highest BCUT2D eigenvalue weighted by molar-refractivity contribution is 7.99. The SMILES string of the molecule is N#Cc1ccc(-n2cnc(-c3nnc(SCC(=O)Nc4cccc(F)c4)o3)c2)cc1. The van der Waals surface area contributed by atoms with Gasteiger partial charge in [0.15, 0.2) is 0 Å². The Hall–Kier alpha value is -3.97. The third-order valence-corrected chi connectivity index (χ3v) is 4.76. The van der Waals surface area contributed by atoms with Gasteiger partial charge >= 0.3 is 0 Å². The standard InChI is InChI=1S/C20H13FN6O2S/c21-14-2-1-3-15(8-14)24-18(28)11-30-20-26-25-19(29-20)17-10-27(12-23-17)16-6-4-13(9-22)5-7-16/h1-8,10,12H,11H2,(H,24,28). The first kappa shape index (κ1) is 19.4. The Labute approximate surface area is 174 Å². The molecule has 0 unspecified atom stereocenters. The summed E-state index contributed by atoms with van der Waals surface area (Å²) in [5.74, 6) is -0.508. The van der Waals surface area contributed by atoms with Gasteiger partial charge in [0.25, 0.3) is 11.1 Å². The molecule has 0 atom stereocenters. The second kappa shape index (κ2) is 8.59. The smallest absolute Gasteiger partial charge is 0.277 e. The minimum Gasteiger partial charge on any atom is -0.410 e. The van der Waals surface area contributed by atoms with Crippen LogP contribution in [0.3, 0.4) is 0 Å². The molecule has 2 aromatic heterocycles. The molecule has 0 fully saturated rings. The Balaban J connectivity index is 1.37. The zero-order chi connectivity index (χ0) is 20.9. The molecule has 148 valence electrons. The fourth-order valence-electron chi connectivity index (χ4n) is 2.54. The van der Waals surface area contributed by atoms with Gasteiger partial charge in [-0.3, -0.25) is 4.79 Å². The highest BCUT2D eigenvalue weighted by atomic mass is 32.2. The maximum atomic E-state index is 13.2. The predicted octanol–water partition coefficient (Wildman–Crippen LogP) is 3.66. The summed E-state index contributed by atoms with van der Waals surface area (Å²) in [5, 5.41) is 19.6. The fourth-order valence-corrected chi connectivity index (χ4v) is 3.11. The number of carbonyl (C=O) groups excluding carboxylic acids is 1. The van der Waals surface area contributed by atoms with Crippen LogP contribution in [0.25, 0.3) is 17.3 Å². The van der Waals surface area contributed by atoms with Crippen molar-refractivity contribution >= 4 is 23.4 Å². The van der Waals surface area contributed by atoms with Gasteiger partial charge in [-0.05, 0) is 42.5 Å². The molecule has 0 aliphatic rings. The summed E-state index contributed by atoms with van der Waals surface area (Å²) in [4.78, 5) is 16.3. The molecule has 0 aliphatic heterocycles. The molecule has 0 bridgehead atoms. The van der Waals surface area contributed by atoms with E-state index < -0.39 is 5.82 Å². The molecule has 0 spiro atoms. The summed E-state index contributed by atoms with van der Waals surface area (Å²) in [6, 6.07) is 14.7. The van der Waals surface area contributed by atoms with Crippen molar-refractivity contribution in [2.75, 3.05) is 11.1 Å². The zero-order valence-corrected chi connectivity index (χ0v) is 16.1. The van der Waals surface area contributed by atoms with Crippen molar-refractivity contribution in [3.63, 3.8) is 0 Å². The number of hydrogen-bond donors (Lipinski definition) is 1. The number of thioether (sulfide) groups is 1. The lowest BCUT2D eigenvalue weighted by molar-refractivity contribution is -0.113. The first-order valence-corrected chi connectivity index (χ1v) is 9.66. The average Bonchev–Trinajstić information content (AvgIpc) is 3.42. The summed E-state index contributed by atoms with van der Waals surface area (Å²) in [6.45, 7) is 0. The Morgan fingerprint density at radius 1 is 1.23 bits per heavy atom. The Kier molecular flexibility index (Phi) is 5.54. The topological polar surface area (TPSA) is 110 Å². The number of nitrogens with zero attached hydrogens (tertiary/aromatic N) is 5. The average molecular weight is 420 g/mol. The number of anilines is 1. The van der Waals surface area contributed by atoms with E-state index in [1.807, 2.05) is 0 Å². The van der Waals surface area contributed by atoms with Crippen LogP contribution in [0.2, 0.25) is 0 Å². The van der Waals surface area contributed by atoms with Crippen molar-refractivity contribution in [2.24, 2.45) is 0 Å². The number of benzene rings is 2. The summed E-state index contributed by atoms with van der Waals surface area (Å²) >= 11 is 1.06. The monoisotopic (exact) mass is 420 g/mol. The zero-order valence-electron chi connectivity index (χ0n) is 15.3. The van der Waals surface area contributed by atoms with E-state index in [4.69, 9.17) is 9.68 Å². The minimum atomic E-state index is -0.428. The third-order valence-electron chi connectivity index (χ3n) is 3.94. The number of hydrogen-bond acceptors (Lipinski definition) is 7. The minimum absolute atomic E-state index is 0.0256. The van der Waals surface area contributed by atoms with Gasteiger partial charge in [0.2, 0.25) is 5.91 Å². The molecule has 8 nitrogen and oxygen atoms in total. The second-order valence-corrected chi connectivity index (χ2v) is 6.97. The quantitative estimate of drug-likeness (QED) is 0.474. The van der Waals surface area contributed by atoms with E-state index in [0.29, 0.717) is 16.9 Å². The van der Waals surface area contributed by atoms with Crippen LogP contribution in [0, 0.1) is 17.1 Å². The maximum Gasteiger partial charge on any atom is 0.277 e. The Morgan fingerprint density at radius 3 is 2.83 bits per heavy atom. The largest absolute Gasteiger partial charge is 0.410 e. The van der Waals surface area contributed by atoms with E-state index in [1.54, 1.807) is 47.4 Å². The van der Waals surface area contributed by atoms with Crippen LogP contribution in [0.5, 0.6) is 0 Å². The molecular formula is C20H13FN6O2S. The van der Waals surface area contributed by atoms with Gasteiger partial charge in [-0.1, -0.05) is 17.8 Å². The number of aromatic nitrogens is 4. The molecule has 0 radical (unpaired) electrons. The molecule has 0 aliphatic carbocycles. The van der Waals surface area contributed by atoms with E-state index >= 15 is 0 Å². The highest BCUT2D eigenvalue weighted by Gasteiger charge is 2.14. The van der Waals surface area contributed by atoms with Gasteiger partial charge in [0.1, 0.15) is 17.8 Å². The molecule has 30 heavy (non-hydrogen) atoms. The number of imidazole rings is 1. The van der Waals surface area contributed by atoms with Crippen molar-refractivity contribution < 1.29 is 13.6 Å². The predicted molar refractivity (Wildman–Crippen MR) is 107 cm³/mol. The number of rotatable bonds is 6. The fraction of sp³-hybridized carbons (Fsp3) is 0.0500. The second-order valence-electron chi connectivity index (χ2n) is 6.05. The first-order chi connectivity index (χ1) is 14.6. The summed E-state index contributed by atoms with van der Waals surface area (Å²) < 4.78 is 20.5. The van der Waals surface area contributed by atoms with E-state index in [-0.39, 0.29) is 22.8 Å². The highest BCUT2D eigenvalue weighted by Crippen LogP contribution is 2.23. The van der Waals surface area contributed by atoms with Gasteiger partial charge in [0.05, 0.1) is 17.4 Å². The molecule has 2 heterocycles. The molecule has 4 rings (SSSR count). The van der Waals surface area contributed by atoms with Crippen molar-refractivity contribution in [1.29, 1.82) is 5.26 Å². The summed E-state index contributed by atoms with van der Waals surface area (Å²) in [6.07, 6.45) is 3.32. The Morgan fingerprint density at radius 2 is 2.07 bits per heavy atom. The van der Waals surface area contributed by atoms with Crippen LogP contribution in [-0.2, 0) is 4.79 Å². The first-order valence-electron chi connectivity index (χ1n) is 8.67. The molecule has 1 amide bonds. The van der Waals surface area contributed by atoms with Gasteiger partial charge in [-0.2, -0.15) is 5.26 Å².